The van der Waals surface area contributed by atoms with Crippen molar-refractivity contribution in [1.29, 1.82) is 0 Å². The Morgan fingerprint density at radius 3 is 2.67 bits per heavy atom. The number of hydrogen-bond acceptors (Lipinski definition) is 6. The Labute approximate surface area is 180 Å². The largest absolute Gasteiger partial charge is 0.464 e. The number of carbonyl (C=O) groups is 1. The van der Waals surface area contributed by atoms with Crippen molar-refractivity contribution in [3.63, 3.8) is 0 Å². The van der Waals surface area contributed by atoms with E-state index >= 15 is 0 Å². The molecular weight excluding hydrogens is 428 g/mol. The molecule has 0 radical (unpaired) electrons. The molecule has 2 heterocycles. The summed E-state index contributed by atoms with van der Waals surface area (Å²) in [6.07, 6.45) is 1.39. The molecule has 1 aromatic carbocycles. The Morgan fingerprint density at radius 2 is 2.00 bits per heavy atom. The van der Waals surface area contributed by atoms with E-state index in [1.54, 1.807) is 30.3 Å². The number of nitrogens with zero attached hydrogens (tertiary/aromatic N) is 3. The summed E-state index contributed by atoms with van der Waals surface area (Å²) in [7, 11) is -2.10. The molecule has 0 saturated carbocycles. The number of benzene rings is 1. The van der Waals surface area contributed by atoms with E-state index in [1.807, 2.05) is 18.4 Å². The summed E-state index contributed by atoms with van der Waals surface area (Å²) >= 11 is 6.42. The van der Waals surface area contributed by atoms with Gasteiger partial charge in [-0.2, -0.15) is 0 Å². The van der Waals surface area contributed by atoms with Gasteiger partial charge in [-0.15, -0.1) is 0 Å². The van der Waals surface area contributed by atoms with Crippen LogP contribution in [0.3, 0.4) is 0 Å². The van der Waals surface area contributed by atoms with E-state index in [4.69, 9.17) is 16.3 Å². The van der Waals surface area contributed by atoms with Gasteiger partial charge in [0.1, 0.15) is 11.3 Å². The highest BCUT2D eigenvalue weighted by Crippen LogP contribution is 2.25. The minimum Gasteiger partial charge on any atom is -0.464 e. The van der Waals surface area contributed by atoms with Crippen molar-refractivity contribution in [2.24, 2.45) is 0 Å². The number of ether oxygens (including phenoxy) is 1. The molecule has 0 aliphatic rings. The number of fused-ring (bicyclic) bond motifs is 1. The summed E-state index contributed by atoms with van der Waals surface area (Å²) in [5.74, 6) is 0.247. The Morgan fingerprint density at radius 1 is 1.23 bits per heavy atom. The third-order valence-electron chi connectivity index (χ3n) is 4.60. The molecule has 0 unspecified atom stereocenters. The number of halogens is 1. The van der Waals surface area contributed by atoms with Gasteiger partial charge < -0.3 is 9.30 Å². The minimum absolute atomic E-state index is 0.0668. The SMILES string of the molecule is CCCCS(=O)(=O)Nc1ccc(Cn2c(C)nc3ccc(C(=O)OC)nc32)c(Cl)c1. The molecule has 0 spiro atoms. The second-order valence-corrected chi connectivity index (χ2v) is 9.11. The molecule has 0 fully saturated rings. The molecule has 1 N–H and O–H groups in total. The first kappa shape index (κ1) is 22.0. The molecule has 0 saturated heterocycles. The van der Waals surface area contributed by atoms with Crippen LogP contribution in [0.5, 0.6) is 0 Å². The van der Waals surface area contributed by atoms with Crippen LogP contribution in [0.25, 0.3) is 11.2 Å². The number of esters is 1. The zero-order chi connectivity index (χ0) is 21.9. The summed E-state index contributed by atoms with van der Waals surface area (Å²) in [5, 5.41) is 0.413. The average Bonchev–Trinajstić information content (AvgIpc) is 3.02. The number of aryl methyl sites for hydroxylation is 1. The Hall–Kier alpha value is -2.65. The third kappa shape index (κ3) is 4.91. The number of methoxy groups -OCH3 is 1. The van der Waals surface area contributed by atoms with Gasteiger partial charge in [0.2, 0.25) is 10.0 Å². The standard InChI is InChI=1S/C20H23ClN4O4S/c1-4-5-10-30(27,28)24-15-7-6-14(16(21)11-15)12-25-13(2)22-17-8-9-18(20(26)29-3)23-19(17)25/h6-9,11,24H,4-5,10,12H2,1-3H3. The fraction of sp³-hybridized carbons (Fsp3) is 0.350. The lowest BCUT2D eigenvalue weighted by molar-refractivity contribution is 0.0594. The molecular formula is C20H23ClN4O4S. The number of imidazole rings is 1. The van der Waals surface area contributed by atoms with Gasteiger partial charge in [-0.25, -0.2) is 23.2 Å². The number of sulfonamides is 1. The molecule has 0 aliphatic carbocycles. The second kappa shape index (κ2) is 9.01. The lowest BCUT2D eigenvalue weighted by Gasteiger charge is -2.12. The molecule has 0 aliphatic heterocycles. The first-order valence-corrected chi connectivity index (χ1v) is 11.5. The molecule has 0 amide bonds. The molecule has 2 aromatic heterocycles. The quantitative estimate of drug-likeness (QED) is 0.524. The van der Waals surface area contributed by atoms with Crippen LogP contribution >= 0.6 is 11.6 Å². The normalized spacial score (nSPS) is 11.6. The van der Waals surface area contributed by atoms with Crippen LogP contribution in [0.2, 0.25) is 5.02 Å². The van der Waals surface area contributed by atoms with Crippen LogP contribution in [0.15, 0.2) is 30.3 Å². The Kier molecular flexibility index (Phi) is 6.62. The summed E-state index contributed by atoms with van der Waals surface area (Å²) in [6, 6.07) is 8.30. The fourth-order valence-electron chi connectivity index (χ4n) is 3.00. The van der Waals surface area contributed by atoms with Gasteiger partial charge >= 0.3 is 5.97 Å². The van der Waals surface area contributed by atoms with Crippen molar-refractivity contribution in [3.05, 3.63) is 52.4 Å². The Bertz CT molecular complexity index is 1190. The van der Waals surface area contributed by atoms with Crippen LogP contribution in [0.1, 0.15) is 41.6 Å². The monoisotopic (exact) mass is 450 g/mol. The molecule has 8 nitrogen and oxygen atoms in total. The molecule has 160 valence electrons. The summed E-state index contributed by atoms with van der Waals surface area (Å²) < 4.78 is 33.3. The van der Waals surface area contributed by atoms with Gasteiger partial charge in [0, 0.05) is 10.7 Å². The number of unbranched alkanes of at least 4 members (excludes halogenated alkanes) is 1. The first-order valence-electron chi connectivity index (χ1n) is 9.45. The number of aromatic nitrogens is 3. The van der Waals surface area contributed by atoms with Crippen molar-refractivity contribution in [1.82, 2.24) is 14.5 Å². The summed E-state index contributed by atoms with van der Waals surface area (Å²) in [4.78, 5) is 20.7. The maximum absolute atomic E-state index is 12.1. The van der Waals surface area contributed by atoms with Crippen LogP contribution in [0.4, 0.5) is 5.69 Å². The van der Waals surface area contributed by atoms with E-state index in [0.29, 0.717) is 40.7 Å². The smallest absolute Gasteiger partial charge is 0.356 e. The van der Waals surface area contributed by atoms with Crippen LogP contribution in [-0.2, 0) is 21.3 Å². The lowest BCUT2D eigenvalue weighted by Crippen LogP contribution is -2.16. The predicted molar refractivity (Wildman–Crippen MR) is 116 cm³/mol. The minimum atomic E-state index is -3.40. The second-order valence-electron chi connectivity index (χ2n) is 6.86. The summed E-state index contributed by atoms with van der Waals surface area (Å²) in [6.45, 7) is 4.14. The van der Waals surface area contributed by atoms with E-state index in [9.17, 15) is 13.2 Å². The maximum atomic E-state index is 12.1. The molecule has 0 atom stereocenters. The van der Waals surface area contributed by atoms with Crippen LogP contribution in [0, 0.1) is 6.92 Å². The molecule has 3 rings (SSSR count). The van der Waals surface area contributed by atoms with Crippen LogP contribution < -0.4 is 4.72 Å². The number of carbonyl (C=O) groups excluding carboxylic acids is 1. The molecule has 30 heavy (non-hydrogen) atoms. The highest BCUT2D eigenvalue weighted by molar-refractivity contribution is 7.92. The zero-order valence-electron chi connectivity index (χ0n) is 17.0. The van der Waals surface area contributed by atoms with Gasteiger partial charge in [-0.1, -0.05) is 31.0 Å². The highest BCUT2D eigenvalue weighted by atomic mass is 35.5. The fourth-order valence-corrected chi connectivity index (χ4v) is 4.49. The van der Waals surface area contributed by atoms with E-state index in [-0.39, 0.29) is 11.4 Å². The van der Waals surface area contributed by atoms with Crippen molar-refractivity contribution >= 4 is 44.4 Å². The Balaban J connectivity index is 1.88. The van der Waals surface area contributed by atoms with Crippen molar-refractivity contribution in [2.75, 3.05) is 17.6 Å². The number of anilines is 1. The van der Waals surface area contributed by atoms with E-state index < -0.39 is 16.0 Å². The van der Waals surface area contributed by atoms with Crippen molar-refractivity contribution < 1.29 is 17.9 Å². The maximum Gasteiger partial charge on any atom is 0.356 e. The highest BCUT2D eigenvalue weighted by Gasteiger charge is 2.16. The number of hydrogen-bond donors (Lipinski definition) is 1. The van der Waals surface area contributed by atoms with E-state index in [0.717, 1.165) is 12.0 Å². The van der Waals surface area contributed by atoms with Crippen molar-refractivity contribution in [3.8, 4) is 0 Å². The zero-order valence-corrected chi connectivity index (χ0v) is 18.5. The number of rotatable bonds is 8. The lowest BCUT2D eigenvalue weighted by atomic mass is 10.2. The molecule has 0 bridgehead atoms. The van der Waals surface area contributed by atoms with Gasteiger partial charge in [0.15, 0.2) is 11.3 Å². The van der Waals surface area contributed by atoms with Gasteiger partial charge in [-0.3, -0.25) is 4.72 Å². The third-order valence-corrected chi connectivity index (χ3v) is 6.32. The summed E-state index contributed by atoms with van der Waals surface area (Å²) in [5.41, 5.74) is 2.56. The molecule has 3 aromatic rings. The van der Waals surface area contributed by atoms with Crippen LogP contribution in [-0.4, -0.2) is 41.8 Å². The number of pyridine rings is 1. The van der Waals surface area contributed by atoms with Crippen molar-refractivity contribution in [2.45, 2.75) is 33.2 Å². The van der Waals surface area contributed by atoms with E-state index in [1.165, 1.54) is 7.11 Å². The topological polar surface area (TPSA) is 103 Å². The van der Waals surface area contributed by atoms with Gasteiger partial charge in [-0.05, 0) is 43.2 Å². The van der Waals surface area contributed by atoms with E-state index in [2.05, 4.69) is 14.7 Å². The predicted octanol–water partition coefficient (Wildman–Crippen LogP) is 3.77. The average molecular weight is 451 g/mol. The molecule has 10 heteroatoms. The van der Waals surface area contributed by atoms with Gasteiger partial charge in [0.05, 0.1) is 19.4 Å². The first-order chi connectivity index (χ1) is 14.2. The van der Waals surface area contributed by atoms with Gasteiger partial charge in [0.25, 0.3) is 0 Å². The number of nitrogens with one attached hydrogen (secondary N) is 1.